The number of H-pyrrole nitrogens is 1. The number of fused-ring (bicyclic) bond motifs is 1. The van der Waals surface area contributed by atoms with Crippen LogP contribution in [0.4, 0.5) is 0 Å². The molecular weight excluding hydrogens is 773 g/mol. The Morgan fingerprint density at radius 1 is 0.733 bits per heavy atom. The number of carbonyl (C=O) groups is 7. The molecule has 1 atom stereocenters. The molecule has 0 radical (unpaired) electrons. The number of quaternary nitrogens is 1. The van der Waals surface area contributed by atoms with E-state index < -0.39 is 91.8 Å². The minimum Gasteiger partial charge on any atom is -0.634 e. The van der Waals surface area contributed by atoms with Gasteiger partial charge in [0.15, 0.2) is 0 Å². The van der Waals surface area contributed by atoms with Gasteiger partial charge in [0.05, 0.1) is 11.1 Å². The third kappa shape index (κ3) is 11.6. The van der Waals surface area contributed by atoms with Crippen molar-refractivity contribution in [2.45, 2.75) is 180 Å². The number of piperidine rings is 1. The highest BCUT2D eigenvalue weighted by Crippen LogP contribution is 2.33. The van der Waals surface area contributed by atoms with Crippen molar-refractivity contribution in [2.24, 2.45) is 0 Å². The lowest BCUT2D eigenvalue weighted by atomic mass is 9.69. The molecule has 6 amide bonds. The van der Waals surface area contributed by atoms with Crippen molar-refractivity contribution in [2.75, 3.05) is 0 Å². The summed E-state index contributed by atoms with van der Waals surface area (Å²) in [5.41, 5.74) is -9.13. The van der Waals surface area contributed by atoms with Crippen molar-refractivity contribution in [1.82, 2.24) is 36.9 Å². The van der Waals surface area contributed by atoms with Crippen LogP contribution in [0.5, 0.6) is 0 Å². The van der Waals surface area contributed by atoms with E-state index >= 15 is 0 Å². The maximum absolute atomic E-state index is 14.1. The maximum Gasteiger partial charge on any atom is 0.331 e. The Kier molecular flexibility index (Phi) is 13.8. The molecule has 1 fully saturated rings. The van der Waals surface area contributed by atoms with Crippen LogP contribution in [0, 0.1) is 5.21 Å². The van der Waals surface area contributed by atoms with Gasteiger partial charge in [0, 0.05) is 43.3 Å². The van der Waals surface area contributed by atoms with Gasteiger partial charge in [-0.3, -0.25) is 28.8 Å². The van der Waals surface area contributed by atoms with Gasteiger partial charge in [0.25, 0.3) is 0 Å². The number of hydroxylamine groups is 2. The molecule has 1 aliphatic heterocycles. The van der Waals surface area contributed by atoms with Crippen molar-refractivity contribution in [3.8, 4) is 0 Å². The molecule has 2 heterocycles. The molecular formula is C43H68N8O9. The summed E-state index contributed by atoms with van der Waals surface area (Å²) in [6.45, 7) is 24.9. The normalized spacial score (nSPS) is 19.9. The van der Waals surface area contributed by atoms with E-state index in [9.17, 15) is 38.8 Å². The van der Waals surface area contributed by atoms with Crippen LogP contribution in [0.15, 0.2) is 30.5 Å². The van der Waals surface area contributed by atoms with Crippen LogP contribution in [0.1, 0.15) is 129 Å². The number of amides is 6. The third-order valence-corrected chi connectivity index (χ3v) is 10.6. The average molecular weight is 841 g/mol. The van der Waals surface area contributed by atoms with Gasteiger partial charge in [-0.1, -0.05) is 18.2 Å². The minimum atomic E-state index is -1.65. The van der Waals surface area contributed by atoms with E-state index in [1.54, 1.807) is 54.7 Å². The second-order valence-electron chi connectivity index (χ2n) is 20.7. The lowest BCUT2D eigenvalue weighted by molar-refractivity contribution is -0.956. The van der Waals surface area contributed by atoms with Crippen molar-refractivity contribution >= 4 is 52.3 Å². The highest BCUT2D eigenvalue weighted by molar-refractivity contribution is 6.01. The lowest BCUT2D eigenvalue weighted by Crippen LogP contribution is -3.24. The van der Waals surface area contributed by atoms with Gasteiger partial charge < -0.3 is 51.9 Å². The Labute approximate surface area is 353 Å². The molecule has 1 aromatic carbocycles. The Bertz CT molecular complexity index is 1990. The molecule has 2 aromatic rings. The third-order valence-electron chi connectivity index (χ3n) is 10.6. The first-order valence-electron chi connectivity index (χ1n) is 20.2. The highest BCUT2D eigenvalue weighted by atomic mass is 16.6. The number of benzene rings is 1. The van der Waals surface area contributed by atoms with Crippen molar-refractivity contribution < 1.29 is 43.4 Å². The molecule has 60 heavy (non-hydrogen) atoms. The number of hydrogen-bond donors (Lipinski definition) is 8. The van der Waals surface area contributed by atoms with Gasteiger partial charge in [0.2, 0.25) is 35.4 Å². The number of carbonyl (C=O) groups excluding carboxylic acids is 7. The number of para-hydroxylation sites is 1. The molecule has 0 bridgehead atoms. The Morgan fingerprint density at radius 2 is 1.22 bits per heavy atom. The fraction of sp³-hybridized carbons (Fsp3) is 0.651. The molecule has 1 saturated heterocycles. The fourth-order valence-electron chi connectivity index (χ4n) is 7.66. The molecule has 1 aliphatic rings. The van der Waals surface area contributed by atoms with Gasteiger partial charge in [-0.15, -0.1) is 0 Å². The van der Waals surface area contributed by atoms with Gasteiger partial charge in [0.1, 0.15) is 39.3 Å². The monoisotopic (exact) mass is 841 g/mol. The van der Waals surface area contributed by atoms with E-state index in [4.69, 9.17) is 4.74 Å². The SMILES string of the molecule is CC(=O)NC1(C(=O)NC(C)(C)C(=O)NC(C)(C)C(=O)NC(C)(C)C(=O)N[C@@H](Cc2c[nH]c3ccccc23)C(=O)NC(C)(C)C(=O)OC(C)(C)C)CC(C)(C)[NH+]([O-])C(C)(C)C1. The topological polar surface area (TPSA) is 244 Å². The first-order chi connectivity index (χ1) is 27.0. The lowest BCUT2D eigenvalue weighted by Gasteiger charge is -2.58. The molecule has 0 spiro atoms. The van der Waals surface area contributed by atoms with E-state index in [-0.39, 0.29) is 24.3 Å². The Balaban J connectivity index is 1.81. The van der Waals surface area contributed by atoms with Crippen LogP contribution >= 0.6 is 0 Å². The van der Waals surface area contributed by atoms with Crippen LogP contribution in [0.25, 0.3) is 10.9 Å². The molecule has 0 aliphatic carbocycles. The zero-order chi connectivity index (χ0) is 46.2. The van der Waals surface area contributed by atoms with Crippen LogP contribution in [-0.4, -0.2) is 96.8 Å². The second kappa shape index (κ2) is 16.8. The zero-order valence-corrected chi connectivity index (χ0v) is 38.3. The minimum absolute atomic E-state index is 0.00220. The summed E-state index contributed by atoms with van der Waals surface area (Å²) in [5, 5.41) is 30.3. The summed E-state index contributed by atoms with van der Waals surface area (Å²) in [5.74, 6) is -4.72. The molecule has 1 aromatic heterocycles. The predicted molar refractivity (Wildman–Crippen MR) is 227 cm³/mol. The largest absolute Gasteiger partial charge is 0.634 e. The molecule has 8 N–H and O–H groups in total. The van der Waals surface area contributed by atoms with Crippen molar-refractivity contribution in [3.05, 3.63) is 41.2 Å². The van der Waals surface area contributed by atoms with E-state index in [1.165, 1.54) is 62.3 Å². The number of aromatic amines is 1. The Hall–Kier alpha value is -5.03. The highest BCUT2D eigenvalue weighted by Gasteiger charge is 2.58. The Morgan fingerprint density at radius 3 is 1.72 bits per heavy atom. The first kappa shape index (κ1) is 49.3. The van der Waals surface area contributed by atoms with E-state index in [2.05, 4.69) is 36.9 Å². The smallest absolute Gasteiger partial charge is 0.331 e. The van der Waals surface area contributed by atoms with E-state index in [0.29, 0.717) is 5.56 Å². The predicted octanol–water partition coefficient (Wildman–Crippen LogP) is 1.72. The second-order valence-corrected chi connectivity index (χ2v) is 20.7. The van der Waals surface area contributed by atoms with Crippen molar-refractivity contribution in [1.29, 1.82) is 0 Å². The summed E-state index contributed by atoms with van der Waals surface area (Å²) in [6, 6.07) is 6.23. The number of nitrogens with one attached hydrogen (secondary N) is 8. The number of ether oxygens (including phenoxy) is 1. The van der Waals surface area contributed by atoms with Gasteiger partial charge in [-0.25, -0.2) is 4.79 Å². The quantitative estimate of drug-likeness (QED) is 0.102. The standard InChI is InChI=1S/C43H68N8O9/c1-25(52)46-43(23-37(5,6)51(59)38(7,8)24-43)34(57)50-41(13,14)33(56)49-40(11,12)32(55)48-39(9,10)31(54)45-29(21-26-22-44-28-20-18-17-19-27(26)28)30(53)47-42(15,16)35(58)60-36(2,3)4/h17-20,22,29,44,51H,21,23-24H2,1-16H3,(H,45,54)(H,46,52)(H,47,53)(H,48,55)(H,49,56)(H,50,57)/t29-/m0/s1. The van der Waals surface area contributed by atoms with Crippen molar-refractivity contribution in [3.63, 3.8) is 0 Å². The summed E-state index contributed by atoms with van der Waals surface area (Å²) in [6.07, 6.45) is 1.76. The number of esters is 1. The van der Waals surface area contributed by atoms with Crippen LogP contribution in [-0.2, 0) is 44.7 Å². The average Bonchev–Trinajstić information content (AvgIpc) is 3.47. The molecule has 334 valence electrons. The number of aromatic nitrogens is 1. The van der Waals surface area contributed by atoms with Gasteiger partial charge >= 0.3 is 5.97 Å². The number of rotatable bonds is 14. The van der Waals surface area contributed by atoms with E-state index in [1.807, 2.05) is 24.3 Å². The molecule has 17 nitrogen and oxygen atoms in total. The number of hydrogen-bond acceptors (Lipinski definition) is 9. The molecule has 0 unspecified atom stereocenters. The summed E-state index contributed by atoms with van der Waals surface area (Å²) in [4.78, 5) is 98.3. The fourth-order valence-corrected chi connectivity index (χ4v) is 7.66. The van der Waals surface area contributed by atoms with Crippen LogP contribution in [0.3, 0.4) is 0 Å². The molecule has 17 heteroatoms. The van der Waals surface area contributed by atoms with Crippen LogP contribution < -0.4 is 37.0 Å². The van der Waals surface area contributed by atoms with Gasteiger partial charge in [-0.05, 0) is 115 Å². The summed E-state index contributed by atoms with van der Waals surface area (Å²) < 4.78 is 5.52. The van der Waals surface area contributed by atoms with Gasteiger partial charge in [-0.2, -0.15) is 0 Å². The van der Waals surface area contributed by atoms with E-state index in [0.717, 1.165) is 10.9 Å². The maximum atomic E-state index is 14.1. The first-order valence-corrected chi connectivity index (χ1v) is 20.2. The summed E-state index contributed by atoms with van der Waals surface area (Å²) in [7, 11) is 0. The molecule has 3 rings (SSSR count). The summed E-state index contributed by atoms with van der Waals surface area (Å²) >= 11 is 0. The zero-order valence-electron chi connectivity index (χ0n) is 38.3. The van der Waals surface area contributed by atoms with Crippen LogP contribution in [0.2, 0.25) is 0 Å². The molecule has 0 saturated carbocycles.